The lowest BCUT2D eigenvalue weighted by Gasteiger charge is -2.25. The quantitative estimate of drug-likeness (QED) is 0.553. The second kappa shape index (κ2) is 9.99. The van der Waals surface area contributed by atoms with E-state index in [2.05, 4.69) is 0 Å². The van der Waals surface area contributed by atoms with Crippen molar-refractivity contribution in [2.75, 3.05) is 47.1 Å². The van der Waals surface area contributed by atoms with E-state index in [1.54, 1.807) is 7.11 Å². The van der Waals surface area contributed by atoms with Crippen LogP contribution in [-0.4, -0.2) is 69.5 Å². The largest absolute Gasteiger partial charge is 0.389 e. The highest BCUT2D eigenvalue weighted by atomic mass is 16.7. The minimum atomic E-state index is -0.473. The highest BCUT2D eigenvalue weighted by Gasteiger charge is 2.14. The Morgan fingerprint density at radius 1 is 1.12 bits per heavy atom. The van der Waals surface area contributed by atoms with E-state index in [-0.39, 0.29) is 6.29 Å². The van der Waals surface area contributed by atoms with Gasteiger partial charge >= 0.3 is 0 Å². The predicted molar refractivity (Wildman–Crippen MR) is 62.4 cm³/mol. The van der Waals surface area contributed by atoms with E-state index >= 15 is 0 Å². The normalized spacial score (nSPS) is 13.7. The standard InChI is InChI=1S/C11H25NO4/c1-5-15-11(16-6-2)8-12(3)7-10(13)9-14-4/h10-11,13H,5-9H2,1-4H3. The molecule has 0 aromatic heterocycles. The van der Waals surface area contributed by atoms with Gasteiger partial charge in [0.2, 0.25) is 0 Å². The summed E-state index contributed by atoms with van der Waals surface area (Å²) in [7, 11) is 3.50. The van der Waals surface area contributed by atoms with Gasteiger partial charge < -0.3 is 19.3 Å². The van der Waals surface area contributed by atoms with Gasteiger partial charge in [0.25, 0.3) is 0 Å². The van der Waals surface area contributed by atoms with Crippen molar-refractivity contribution in [1.29, 1.82) is 0 Å². The molecule has 0 bridgehead atoms. The van der Waals surface area contributed by atoms with E-state index in [1.165, 1.54) is 0 Å². The monoisotopic (exact) mass is 235 g/mol. The van der Waals surface area contributed by atoms with Crippen LogP contribution in [0.2, 0.25) is 0 Å². The fourth-order valence-corrected chi connectivity index (χ4v) is 1.46. The lowest BCUT2D eigenvalue weighted by molar-refractivity contribution is -0.147. The van der Waals surface area contributed by atoms with Gasteiger partial charge in [-0.2, -0.15) is 0 Å². The maximum absolute atomic E-state index is 9.54. The predicted octanol–water partition coefficient (Wildman–Crippen LogP) is 0.325. The third kappa shape index (κ3) is 8.01. The summed E-state index contributed by atoms with van der Waals surface area (Å²) < 4.78 is 15.7. The fraction of sp³-hybridized carbons (Fsp3) is 1.00. The van der Waals surface area contributed by atoms with Crippen LogP contribution in [0.1, 0.15) is 13.8 Å². The van der Waals surface area contributed by atoms with Crippen LogP contribution in [0, 0.1) is 0 Å². The van der Waals surface area contributed by atoms with Crippen molar-refractivity contribution >= 4 is 0 Å². The molecule has 0 aliphatic rings. The zero-order valence-electron chi connectivity index (χ0n) is 10.8. The number of hydrogen-bond donors (Lipinski definition) is 1. The molecule has 0 aliphatic carbocycles. The van der Waals surface area contributed by atoms with Gasteiger partial charge in [-0.15, -0.1) is 0 Å². The second-order valence-electron chi connectivity index (χ2n) is 3.67. The number of rotatable bonds is 10. The topological polar surface area (TPSA) is 51.2 Å². The Labute approximate surface area is 98.3 Å². The van der Waals surface area contributed by atoms with Gasteiger partial charge in [-0.25, -0.2) is 0 Å². The molecule has 1 unspecified atom stereocenters. The van der Waals surface area contributed by atoms with E-state index in [0.717, 1.165) is 0 Å². The number of hydrogen-bond acceptors (Lipinski definition) is 5. The Morgan fingerprint density at radius 3 is 2.12 bits per heavy atom. The number of likely N-dealkylation sites (N-methyl/N-ethyl adjacent to an activating group) is 1. The third-order valence-electron chi connectivity index (χ3n) is 2.05. The second-order valence-corrected chi connectivity index (χ2v) is 3.67. The van der Waals surface area contributed by atoms with Crippen LogP contribution in [0.4, 0.5) is 0 Å². The summed E-state index contributed by atoms with van der Waals surface area (Å²) in [6.45, 7) is 6.65. The van der Waals surface area contributed by atoms with Crippen molar-refractivity contribution in [1.82, 2.24) is 4.90 Å². The molecule has 0 spiro atoms. The van der Waals surface area contributed by atoms with Crippen LogP contribution in [0.3, 0.4) is 0 Å². The summed E-state index contributed by atoms with van der Waals surface area (Å²) >= 11 is 0. The molecule has 1 atom stereocenters. The van der Waals surface area contributed by atoms with Crippen molar-refractivity contribution in [3.8, 4) is 0 Å². The minimum absolute atomic E-state index is 0.227. The highest BCUT2D eigenvalue weighted by Crippen LogP contribution is 1.99. The number of methoxy groups -OCH3 is 1. The van der Waals surface area contributed by atoms with Gasteiger partial charge in [-0.05, 0) is 20.9 Å². The summed E-state index contributed by atoms with van der Waals surface area (Å²) in [6.07, 6.45) is -0.700. The molecule has 0 fully saturated rings. The Balaban J connectivity index is 3.83. The van der Waals surface area contributed by atoms with Crippen molar-refractivity contribution in [3.63, 3.8) is 0 Å². The van der Waals surface area contributed by atoms with Crippen molar-refractivity contribution in [2.45, 2.75) is 26.2 Å². The minimum Gasteiger partial charge on any atom is -0.389 e. The first-order chi connectivity index (χ1) is 7.63. The average Bonchev–Trinajstić information content (AvgIpc) is 2.18. The fourth-order valence-electron chi connectivity index (χ4n) is 1.46. The first kappa shape index (κ1) is 15.8. The number of aliphatic hydroxyl groups is 1. The van der Waals surface area contributed by atoms with Crippen LogP contribution in [0.15, 0.2) is 0 Å². The molecule has 0 aromatic carbocycles. The van der Waals surface area contributed by atoms with Crippen LogP contribution in [0.25, 0.3) is 0 Å². The van der Waals surface area contributed by atoms with Crippen molar-refractivity contribution < 1.29 is 19.3 Å². The zero-order chi connectivity index (χ0) is 12.4. The number of ether oxygens (including phenoxy) is 3. The molecule has 0 amide bonds. The average molecular weight is 235 g/mol. The molecule has 0 saturated carbocycles. The smallest absolute Gasteiger partial charge is 0.170 e. The zero-order valence-corrected chi connectivity index (χ0v) is 10.8. The van der Waals surface area contributed by atoms with Gasteiger partial charge in [-0.3, -0.25) is 4.90 Å². The SMILES string of the molecule is CCOC(CN(C)CC(O)COC)OCC. The lowest BCUT2D eigenvalue weighted by atomic mass is 10.3. The van der Waals surface area contributed by atoms with Crippen LogP contribution in [-0.2, 0) is 14.2 Å². The molecular weight excluding hydrogens is 210 g/mol. The Bertz CT molecular complexity index is 151. The first-order valence-corrected chi connectivity index (χ1v) is 5.72. The van der Waals surface area contributed by atoms with E-state index in [1.807, 2.05) is 25.8 Å². The molecule has 5 heteroatoms. The molecule has 0 aliphatic heterocycles. The van der Waals surface area contributed by atoms with Crippen molar-refractivity contribution in [2.24, 2.45) is 0 Å². The van der Waals surface area contributed by atoms with Crippen LogP contribution >= 0.6 is 0 Å². The van der Waals surface area contributed by atoms with E-state index in [4.69, 9.17) is 14.2 Å². The van der Waals surface area contributed by atoms with E-state index in [9.17, 15) is 5.11 Å². The molecular formula is C11H25NO4. The van der Waals surface area contributed by atoms with Gasteiger partial charge in [0.05, 0.1) is 12.7 Å². The molecule has 16 heavy (non-hydrogen) atoms. The Hall–Kier alpha value is -0.200. The maximum Gasteiger partial charge on any atom is 0.170 e. The summed E-state index contributed by atoms with van der Waals surface area (Å²) in [6, 6.07) is 0. The van der Waals surface area contributed by atoms with Crippen LogP contribution in [0.5, 0.6) is 0 Å². The van der Waals surface area contributed by atoms with Gasteiger partial charge in [0, 0.05) is 33.4 Å². The Kier molecular flexibility index (Phi) is 9.86. The molecule has 0 radical (unpaired) electrons. The summed E-state index contributed by atoms with van der Waals surface area (Å²) in [5.74, 6) is 0. The van der Waals surface area contributed by atoms with E-state index in [0.29, 0.717) is 32.9 Å². The Morgan fingerprint density at radius 2 is 1.69 bits per heavy atom. The number of aliphatic hydroxyl groups excluding tert-OH is 1. The number of nitrogens with zero attached hydrogens (tertiary/aromatic N) is 1. The highest BCUT2D eigenvalue weighted by molar-refractivity contribution is 4.62. The molecule has 0 heterocycles. The summed E-state index contributed by atoms with van der Waals surface area (Å²) in [5.41, 5.74) is 0. The third-order valence-corrected chi connectivity index (χ3v) is 2.05. The molecule has 1 N–H and O–H groups in total. The van der Waals surface area contributed by atoms with Crippen molar-refractivity contribution in [3.05, 3.63) is 0 Å². The van der Waals surface area contributed by atoms with E-state index < -0.39 is 6.10 Å². The first-order valence-electron chi connectivity index (χ1n) is 5.72. The molecule has 98 valence electrons. The van der Waals surface area contributed by atoms with Crippen LogP contribution < -0.4 is 0 Å². The van der Waals surface area contributed by atoms with Gasteiger partial charge in [-0.1, -0.05) is 0 Å². The van der Waals surface area contributed by atoms with Gasteiger partial charge in [0.15, 0.2) is 6.29 Å². The van der Waals surface area contributed by atoms with Gasteiger partial charge in [0.1, 0.15) is 0 Å². The molecule has 0 aromatic rings. The maximum atomic E-state index is 9.54. The molecule has 0 rings (SSSR count). The molecule has 5 nitrogen and oxygen atoms in total. The lowest BCUT2D eigenvalue weighted by Crippen LogP contribution is -2.38. The molecule has 0 saturated heterocycles. The summed E-state index contributed by atoms with van der Waals surface area (Å²) in [4.78, 5) is 1.97. The summed E-state index contributed by atoms with van der Waals surface area (Å²) in [5, 5.41) is 9.54.